The van der Waals surface area contributed by atoms with Gasteiger partial charge in [0.1, 0.15) is 11.8 Å². The van der Waals surface area contributed by atoms with Crippen LogP contribution in [0.2, 0.25) is 0 Å². The highest BCUT2D eigenvalue weighted by Gasteiger charge is 2.40. The molecule has 9 nitrogen and oxygen atoms in total. The Balaban J connectivity index is 1.52. The van der Waals surface area contributed by atoms with Crippen molar-refractivity contribution in [2.75, 3.05) is 19.0 Å². The number of ether oxygens (including phenoxy) is 1. The topological polar surface area (TPSA) is 115 Å². The summed E-state index contributed by atoms with van der Waals surface area (Å²) in [4.78, 5) is 13.0. The molecular formula is C22H24N4O5S. The van der Waals surface area contributed by atoms with Crippen LogP contribution in [0.4, 0.5) is 6.01 Å². The number of hydrogen-bond acceptors (Lipinski definition) is 7. The molecule has 2 aromatic carbocycles. The van der Waals surface area contributed by atoms with E-state index in [4.69, 9.17) is 9.15 Å². The van der Waals surface area contributed by atoms with Crippen LogP contribution in [-0.2, 0) is 14.8 Å². The van der Waals surface area contributed by atoms with Gasteiger partial charge in [0.15, 0.2) is 0 Å². The van der Waals surface area contributed by atoms with Crippen molar-refractivity contribution in [1.82, 2.24) is 14.5 Å². The second kappa shape index (κ2) is 8.71. The molecule has 1 atom stereocenters. The number of benzene rings is 2. The first-order chi connectivity index (χ1) is 15.3. The molecule has 1 N–H and O–H groups in total. The number of rotatable bonds is 6. The van der Waals surface area contributed by atoms with Gasteiger partial charge in [-0.2, -0.15) is 4.31 Å². The van der Waals surface area contributed by atoms with Crippen LogP contribution in [0.25, 0.3) is 11.5 Å². The number of methoxy groups -OCH3 is 1. The fourth-order valence-corrected chi connectivity index (χ4v) is 5.37. The first-order valence-corrected chi connectivity index (χ1v) is 11.6. The summed E-state index contributed by atoms with van der Waals surface area (Å²) in [6.07, 6.45) is 0.976. The smallest absolute Gasteiger partial charge is 0.322 e. The molecule has 1 saturated heterocycles. The summed E-state index contributed by atoms with van der Waals surface area (Å²) in [6.45, 7) is 4.14. The summed E-state index contributed by atoms with van der Waals surface area (Å²) in [5.74, 6) is 0.335. The number of anilines is 1. The highest BCUT2D eigenvalue weighted by atomic mass is 32.2. The average Bonchev–Trinajstić information content (AvgIpc) is 3.46. The maximum Gasteiger partial charge on any atom is 0.322 e. The third-order valence-electron chi connectivity index (χ3n) is 5.45. The van der Waals surface area contributed by atoms with E-state index >= 15 is 0 Å². The van der Waals surface area contributed by atoms with Crippen LogP contribution in [0.1, 0.15) is 24.0 Å². The number of aryl methyl sites for hydroxylation is 2. The number of amides is 1. The largest absolute Gasteiger partial charge is 0.497 e. The van der Waals surface area contributed by atoms with Gasteiger partial charge in [0.05, 0.1) is 12.0 Å². The summed E-state index contributed by atoms with van der Waals surface area (Å²) >= 11 is 0. The van der Waals surface area contributed by atoms with E-state index in [2.05, 4.69) is 15.5 Å². The molecular weight excluding hydrogens is 432 g/mol. The van der Waals surface area contributed by atoms with Crippen LogP contribution < -0.4 is 10.1 Å². The van der Waals surface area contributed by atoms with Crippen molar-refractivity contribution >= 4 is 21.9 Å². The fourth-order valence-electron chi connectivity index (χ4n) is 3.71. The normalized spacial score (nSPS) is 16.8. The van der Waals surface area contributed by atoms with Crippen molar-refractivity contribution in [2.45, 2.75) is 37.6 Å². The second-order valence-electron chi connectivity index (χ2n) is 7.67. The molecule has 0 aliphatic carbocycles. The SMILES string of the molecule is COc1ccc(S(=O)(=O)N2CCCC2C(=O)Nc2nnc(-c3cc(C)ccc3C)o2)cc1. The number of sulfonamides is 1. The number of nitrogens with one attached hydrogen (secondary N) is 1. The van der Waals surface area contributed by atoms with E-state index in [0.717, 1.165) is 16.7 Å². The average molecular weight is 457 g/mol. The van der Waals surface area contributed by atoms with Crippen molar-refractivity contribution in [2.24, 2.45) is 0 Å². The van der Waals surface area contributed by atoms with E-state index < -0.39 is 22.0 Å². The van der Waals surface area contributed by atoms with E-state index in [9.17, 15) is 13.2 Å². The Hall–Kier alpha value is -3.24. The van der Waals surface area contributed by atoms with Crippen LogP contribution in [0.3, 0.4) is 0 Å². The summed E-state index contributed by atoms with van der Waals surface area (Å²) in [6, 6.07) is 11.0. The van der Waals surface area contributed by atoms with Crippen LogP contribution >= 0.6 is 0 Å². The third-order valence-corrected chi connectivity index (χ3v) is 7.37. The highest BCUT2D eigenvalue weighted by Crippen LogP contribution is 2.29. The quantitative estimate of drug-likeness (QED) is 0.606. The lowest BCUT2D eigenvalue weighted by molar-refractivity contribution is -0.119. The summed E-state index contributed by atoms with van der Waals surface area (Å²) in [5, 5.41) is 10.5. The second-order valence-corrected chi connectivity index (χ2v) is 9.56. The molecule has 4 rings (SSSR count). The summed E-state index contributed by atoms with van der Waals surface area (Å²) in [5.41, 5.74) is 2.78. The zero-order chi connectivity index (χ0) is 22.9. The van der Waals surface area contributed by atoms with Crippen molar-refractivity contribution in [1.29, 1.82) is 0 Å². The first kappa shape index (κ1) is 22.0. The fraction of sp³-hybridized carbons (Fsp3) is 0.318. The van der Waals surface area contributed by atoms with Gasteiger partial charge in [0.2, 0.25) is 21.8 Å². The van der Waals surface area contributed by atoms with Gasteiger partial charge in [0.25, 0.3) is 0 Å². The van der Waals surface area contributed by atoms with E-state index in [1.807, 2.05) is 32.0 Å². The molecule has 1 aromatic heterocycles. The molecule has 0 radical (unpaired) electrons. The van der Waals surface area contributed by atoms with Gasteiger partial charge in [-0.05, 0) is 62.6 Å². The van der Waals surface area contributed by atoms with Gasteiger partial charge in [0, 0.05) is 12.1 Å². The molecule has 3 aromatic rings. The van der Waals surface area contributed by atoms with Gasteiger partial charge >= 0.3 is 6.01 Å². The Kier molecular flexibility index (Phi) is 5.98. The zero-order valence-electron chi connectivity index (χ0n) is 18.0. The summed E-state index contributed by atoms with van der Waals surface area (Å²) < 4.78 is 38.2. The Morgan fingerprint density at radius 1 is 1.16 bits per heavy atom. The molecule has 1 aliphatic rings. The maximum absolute atomic E-state index is 13.1. The van der Waals surface area contributed by atoms with Gasteiger partial charge in [-0.1, -0.05) is 22.8 Å². The predicted molar refractivity (Wildman–Crippen MR) is 118 cm³/mol. The van der Waals surface area contributed by atoms with Crippen molar-refractivity contribution in [3.63, 3.8) is 0 Å². The first-order valence-electron chi connectivity index (χ1n) is 10.2. The van der Waals surface area contributed by atoms with Gasteiger partial charge in [-0.3, -0.25) is 10.1 Å². The van der Waals surface area contributed by atoms with E-state index in [1.165, 1.54) is 23.5 Å². The Labute approximate surface area is 186 Å². The molecule has 1 unspecified atom stereocenters. The van der Waals surface area contributed by atoms with Gasteiger partial charge < -0.3 is 9.15 Å². The maximum atomic E-state index is 13.1. The number of aromatic nitrogens is 2. The molecule has 168 valence electrons. The van der Waals surface area contributed by atoms with Crippen LogP contribution in [-0.4, -0.2) is 48.5 Å². The number of carbonyl (C=O) groups excluding carboxylic acids is 1. The third kappa shape index (κ3) is 4.23. The molecule has 10 heteroatoms. The number of carbonyl (C=O) groups is 1. The minimum atomic E-state index is -3.85. The van der Waals surface area contributed by atoms with Crippen molar-refractivity contribution < 1.29 is 22.4 Å². The van der Waals surface area contributed by atoms with Crippen LogP contribution in [0, 0.1) is 13.8 Å². The molecule has 1 fully saturated rings. The Bertz CT molecular complexity index is 1240. The zero-order valence-corrected chi connectivity index (χ0v) is 18.8. The molecule has 32 heavy (non-hydrogen) atoms. The van der Waals surface area contributed by atoms with Crippen LogP contribution in [0.5, 0.6) is 5.75 Å². The molecule has 1 aliphatic heterocycles. The molecule has 0 spiro atoms. The van der Waals surface area contributed by atoms with Gasteiger partial charge in [-0.15, -0.1) is 5.10 Å². The minimum Gasteiger partial charge on any atom is -0.497 e. The lowest BCUT2D eigenvalue weighted by Crippen LogP contribution is -2.43. The monoisotopic (exact) mass is 456 g/mol. The van der Waals surface area contributed by atoms with E-state index in [-0.39, 0.29) is 23.3 Å². The highest BCUT2D eigenvalue weighted by molar-refractivity contribution is 7.89. The minimum absolute atomic E-state index is 0.0698. The Morgan fingerprint density at radius 2 is 1.91 bits per heavy atom. The molecule has 0 bridgehead atoms. The number of hydrogen-bond donors (Lipinski definition) is 1. The van der Waals surface area contributed by atoms with Gasteiger partial charge in [-0.25, -0.2) is 8.42 Å². The molecule has 2 heterocycles. The number of nitrogens with zero attached hydrogens (tertiary/aromatic N) is 3. The van der Waals surface area contributed by atoms with E-state index in [0.29, 0.717) is 18.6 Å². The predicted octanol–water partition coefficient (Wildman–Crippen LogP) is 3.15. The van der Waals surface area contributed by atoms with Crippen molar-refractivity contribution in [3.05, 3.63) is 53.6 Å². The lowest BCUT2D eigenvalue weighted by atomic mass is 10.1. The van der Waals surface area contributed by atoms with E-state index in [1.54, 1.807) is 12.1 Å². The molecule has 1 amide bonds. The summed E-state index contributed by atoms with van der Waals surface area (Å²) in [7, 11) is -2.34. The molecule has 0 saturated carbocycles. The standard InChI is InChI=1S/C22H24N4O5S/c1-14-6-7-15(2)18(13-14)21-24-25-22(31-21)23-20(27)19-5-4-12-26(19)32(28,29)17-10-8-16(30-3)9-11-17/h6-11,13,19H,4-5,12H2,1-3H3,(H,23,25,27). The lowest BCUT2D eigenvalue weighted by Gasteiger charge is -2.22. The van der Waals surface area contributed by atoms with Crippen LogP contribution in [0.15, 0.2) is 51.8 Å². The van der Waals surface area contributed by atoms with Crippen molar-refractivity contribution in [3.8, 4) is 17.2 Å². The Morgan fingerprint density at radius 3 is 2.62 bits per heavy atom.